The molecule has 1 N–H and O–H groups in total. The van der Waals surface area contributed by atoms with Crippen LogP contribution in [-0.4, -0.2) is 68.0 Å². The standard InChI is InChI=1S/C20H28N6O2/c1-13-12-18(22-16(4)21-13)20(28)26-9-5-8-25(10-11-26)19(27)7-6-17-14(2)15(3)23-24-17/h12H,5-11H2,1-4H3,(H,23,24). The second kappa shape index (κ2) is 8.50. The van der Waals surface area contributed by atoms with E-state index in [1.165, 1.54) is 0 Å². The van der Waals surface area contributed by atoms with E-state index in [-0.39, 0.29) is 11.8 Å². The number of aryl methyl sites for hydroxylation is 4. The van der Waals surface area contributed by atoms with Crippen molar-refractivity contribution < 1.29 is 9.59 Å². The quantitative estimate of drug-likeness (QED) is 0.866. The highest BCUT2D eigenvalue weighted by Crippen LogP contribution is 2.13. The molecule has 8 nitrogen and oxygen atoms in total. The minimum Gasteiger partial charge on any atom is -0.341 e. The Labute approximate surface area is 165 Å². The van der Waals surface area contributed by atoms with Crippen molar-refractivity contribution in [3.63, 3.8) is 0 Å². The van der Waals surface area contributed by atoms with Crippen molar-refractivity contribution >= 4 is 11.8 Å². The van der Waals surface area contributed by atoms with Gasteiger partial charge >= 0.3 is 0 Å². The summed E-state index contributed by atoms with van der Waals surface area (Å²) >= 11 is 0. The Balaban J connectivity index is 1.57. The normalized spacial score (nSPS) is 14.9. The number of H-pyrrole nitrogens is 1. The number of amides is 2. The van der Waals surface area contributed by atoms with Gasteiger partial charge in [0, 0.05) is 50.4 Å². The van der Waals surface area contributed by atoms with Crippen molar-refractivity contribution in [2.45, 2.75) is 47.0 Å². The third-order valence-corrected chi connectivity index (χ3v) is 5.25. The summed E-state index contributed by atoms with van der Waals surface area (Å²) in [6.45, 7) is 10.0. The van der Waals surface area contributed by atoms with E-state index in [4.69, 9.17) is 0 Å². The van der Waals surface area contributed by atoms with Gasteiger partial charge in [-0.05, 0) is 45.7 Å². The second-order valence-corrected chi connectivity index (χ2v) is 7.39. The first-order chi connectivity index (χ1) is 13.3. The maximum Gasteiger partial charge on any atom is 0.272 e. The summed E-state index contributed by atoms with van der Waals surface area (Å²) in [5.74, 6) is 0.618. The van der Waals surface area contributed by atoms with E-state index in [0.717, 1.165) is 29.1 Å². The fourth-order valence-electron chi connectivity index (χ4n) is 3.52. The molecule has 8 heteroatoms. The number of nitrogens with zero attached hydrogens (tertiary/aromatic N) is 5. The lowest BCUT2D eigenvalue weighted by Crippen LogP contribution is -2.37. The Hall–Kier alpha value is -2.77. The zero-order valence-corrected chi connectivity index (χ0v) is 17.1. The molecule has 0 spiro atoms. The predicted molar refractivity (Wildman–Crippen MR) is 105 cm³/mol. The molecule has 150 valence electrons. The highest BCUT2D eigenvalue weighted by Gasteiger charge is 2.24. The summed E-state index contributed by atoms with van der Waals surface area (Å²) in [5, 5.41) is 7.24. The van der Waals surface area contributed by atoms with Crippen LogP contribution in [0.4, 0.5) is 0 Å². The first-order valence-corrected chi connectivity index (χ1v) is 9.75. The van der Waals surface area contributed by atoms with Gasteiger partial charge in [-0.25, -0.2) is 9.97 Å². The van der Waals surface area contributed by atoms with Crippen LogP contribution in [0.15, 0.2) is 6.07 Å². The van der Waals surface area contributed by atoms with Crippen LogP contribution in [0.2, 0.25) is 0 Å². The summed E-state index contributed by atoms with van der Waals surface area (Å²) in [5.41, 5.74) is 4.32. The molecule has 3 rings (SSSR count). The SMILES string of the molecule is Cc1cc(C(=O)N2CCCN(C(=O)CCc3n[nH]c(C)c3C)CC2)nc(C)n1. The summed E-state index contributed by atoms with van der Waals surface area (Å²) in [7, 11) is 0. The molecule has 0 bridgehead atoms. The summed E-state index contributed by atoms with van der Waals surface area (Å²) < 4.78 is 0. The number of carbonyl (C=O) groups excluding carboxylic acids is 2. The molecule has 1 fully saturated rings. The van der Waals surface area contributed by atoms with Crippen LogP contribution in [0.1, 0.15) is 51.8 Å². The minimum atomic E-state index is -0.0921. The fraction of sp³-hybridized carbons (Fsp3) is 0.550. The van der Waals surface area contributed by atoms with Crippen molar-refractivity contribution in [3.05, 3.63) is 40.2 Å². The molecule has 3 heterocycles. The molecule has 1 saturated heterocycles. The van der Waals surface area contributed by atoms with E-state index < -0.39 is 0 Å². The van der Waals surface area contributed by atoms with Crippen molar-refractivity contribution in [2.24, 2.45) is 0 Å². The summed E-state index contributed by atoms with van der Waals surface area (Å²) in [6.07, 6.45) is 1.83. The van der Waals surface area contributed by atoms with Gasteiger partial charge < -0.3 is 9.80 Å². The lowest BCUT2D eigenvalue weighted by Gasteiger charge is -2.22. The lowest BCUT2D eigenvalue weighted by atomic mass is 10.1. The molecule has 2 aromatic rings. The van der Waals surface area contributed by atoms with E-state index in [0.29, 0.717) is 50.5 Å². The third kappa shape index (κ3) is 4.55. The van der Waals surface area contributed by atoms with Gasteiger partial charge in [0.15, 0.2) is 0 Å². The van der Waals surface area contributed by atoms with Gasteiger partial charge in [0.25, 0.3) is 5.91 Å². The van der Waals surface area contributed by atoms with E-state index in [2.05, 4.69) is 20.2 Å². The topological polar surface area (TPSA) is 95.1 Å². The highest BCUT2D eigenvalue weighted by molar-refractivity contribution is 5.92. The first kappa shape index (κ1) is 20.0. The average Bonchev–Trinajstić information content (AvgIpc) is 2.86. The zero-order chi connectivity index (χ0) is 20.3. The number of hydrogen-bond donors (Lipinski definition) is 1. The monoisotopic (exact) mass is 384 g/mol. The van der Waals surface area contributed by atoms with Crippen LogP contribution in [0.25, 0.3) is 0 Å². The maximum absolute atomic E-state index is 12.8. The molecule has 1 aliphatic rings. The lowest BCUT2D eigenvalue weighted by molar-refractivity contribution is -0.131. The Morgan fingerprint density at radius 1 is 1.04 bits per heavy atom. The Morgan fingerprint density at radius 2 is 1.75 bits per heavy atom. The first-order valence-electron chi connectivity index (χ1n) is 9.75. The Kier molecular flexibility index (Phi) is 6.06. The molecule has 28 heavy (non-hydrogen) atoms. The van der Waals surface area contributed by atoms with E-state index in [1.807, 2.05) is 25.7 Å². The number of carbonyl (C=O) groups is 2. The molecule has 0 atom stereocenters. The number of nitrogens with one attached hydrogen (secondary N) is 1. The zero-order valence-electron chi connectivity index (χ0n) is 17.1. The molecular formula is C20H28N6O2. The summed E-state index contributed by atoms with van der Waals surface area (Å²) in [6, 6.07) is 1.72. The molecule has 0 aliphatic carbocycles. The van der Waals surface area contributed by atoms with Gasteiger partial charge in [0.05, 0.1) is 5.69 Å². The molecule has 1 aliphatic heterocycles. The van der Waals surface area contributed by atoms with E-state index >= 15 is 0 Å². The van der Waals surface area contributed by atoms with Crippen molar-refractivity contribution in [1.82, 2.24) is 30.0 Å². The predicted octanol–water partition coefficient (Wildman–Crippen LogP) is 1.74. The molecule has 2 aromatic heterocycles. The van der Waals surface area contributed by atoms with Crippen LogP contribution >= 0.6 is 0 Å². The number of aromatic nitrogens is 4. The van der Waals surface area contributed by atoms with Crippen molar-refractivity contribution in [1.29, 1.82) is 0 Å². The van der Waals surface area contributed by atoms with Crippen LogP contribution in [0.3, 0.4) is 0 Å². The van der Waals surface area contributed by atoms with E-state index in [1.54, 1.807) is 17.9 Å². The smallest absolute Gasteiger partial charge is 0.272 e. The van der Waals surface area contributed by atoms with Gasteiger partial charge in [-0.3, -0.25) is 14.7 Å². The molecular weight excluding hydrogens is 356 g/mol. The number of aromatic amines is 1. The molecule has 0 radical (unpaired) electrons. The molecule has 0 aromatic carbocycles. The van der Waals surface area contributed by atoms with Gasteiger partial charge in [-0.1, -0.05) is 0 Å². The minimum absolute atomic E-state index is 0.0921. The Bertz CT molecular complexity index is 855. The van der Waals surface area contributed by atoms with Crippen LogP contribution in [-0.2, 0) is 11.2 Å². The molecule has 2 amide bonds. The number of hydrogen-bond acceptors (Lipinski definition) is 5. The second-order valence-electron chi connectivity index (χ2n) is 7.39. The highest BCUT2D eigenvalue weighted by atomic mass is 16.2. The molecule has 0 saturated carbocycles. The molecule has 0 unspecified atom stereocenters. The summed E-state index contributed by atoms with van der Waals surface area (Å²) in [4.78, 5) is 37.6. The van der Waals surface area contributed by atoms with Gasteiger partial charge in [-0.2, -0.15) is 5.10 Å². The fourth-order valence-corrected chi connectivity index (χ4v) is 3.52. The van der Waals surface area contributed by atoms with Gasteiger partial charge in [0.1, 0.15) is 11.5 Å². The van der Waals surface area contributed by atoms with Crippen LogP contribution in [0, 0.1) is 27.7 Å². The van der Waals surface area contributed by atoms with Crippen LogP contribution < -0.4 is 0 Å². The van der Waals surface area contributed by atoms with Gasteiger partial charge in [-0.15, -0.1) is 0 Å². The maximum atomic E-state index is 12.8. The number of rotatable bonds is 4. The van der Waals surface area contributed by atoms with Crippen LogP contribution in [0.5, 0.6) is 0 Å². The van der Waals surface area contributed by atoms with E-state index in [9.17, 15) is 9.59 Å². The Morgan fingerprint density at radius 3 is 2.43 bits per heavy atom. The average molecular weight is 384 g/mol. The van der Waals surface area contributed by atoms with Crippen molar-refractivity contribution in [2.75, 3.05) is 26.2 Å². The van der Waals surface area contributed by atoms with Gasteiger partial charge in [0.2, 0.25) is 5.91 Å². The largest absolute Gasteiger partial charge is 0.341 e. The third-order valence-electron chi connectivity index (χ3n) is 5.25. The van der Waals surface area contributed by atoms with Crippen molar-refractivity contribution in [3.8, 4) is 0 Å².